The minimum Gasteiger partial charge on any atom is -0.443 e. The van der Waals surface area contributed by atoms with Gasteiger partial charge in [-0.2, -0.15) is 0 Å². The van der Waals surface area contributed by atoms with Gasteiger partial charge in [-0.05, 0) is 55.7 Å². The Morgan fingerprint density at radius 1 is 1.00 bits per heavy atom. The molecule has 0 aliphatic rings. The lowest BCUT2D eigenvalue weighted by Crippen LogP contribution is -1.77. The van der Waals surface area contributed by atoms with Crippen molar-refractivity contribution in [3.63, 3.8) is 0 Å². The highest BCUT2D eigenvalue weighted by Crippen LogP contribution is 2.21. The molecule has 0 aliphatic heterocycles. The van der Waals surface area contributed by atoms with E-state index in [4.69, 9.17) is 4.42 Å². The molecule has 24 heavy (non-hydrogen) atoms. The SMILES string of the molecule is CC.CCc1ccc2ocnc2c1.Cc1ccc2sc(C)nc2c1. The monoisotopic (exact) mass is 340 g/mol. The van der Waals surface area contributed by atoms with Crippen molar-refractivity contribution in [2.24, 2.45) is 0 Å². The maximum absolute atomic E-state index is 5.11. The molecule has 0 atom stereocenters. The fourth-order valence-electron chi connectivity index (χ4n) is 2.28. The van der Waals surface area contributed by atoms with E-state index in [9.17, 15) is 0 Å². The highest BCUT2D eigenvalue weighted by Gasteiger charge is 1.98. The molecule has 0 spiro atoms. The zero-order valence-electron chi connectivity index (χ0n) is 15.0. The third kappa shape index (κ3) is 4.42. The number of aromatic nitrogens is 2. The van der Waals surface area contributed by atoms with Gasteiger partial charge in [-0.25, -0.2) is 9.97 Å². The molecule has 0 fully saturated rings. The third-order valence-electron chi connectivity index (χ3n) is 3.45. The average Bonchev–Trinajstić information content (AvgIpc) is 3.21. The summed E-state index contributed by atoms with van der Waals surface area (Å²) in [7, 11) is 0. The van der Waals surface area contributed by atoms with Crippen LogP contribution in [0.1, 0.15) is 36.9 Å². The number of benzene rings is 2. The second-order valence-corrected chi connectivity index (χ2v) is 6.45. The van der Waals surface area contributed by atoms with Gasteiger partial charge in [-0.15, -0.1) is 11.3 Å². The molecule has 0 N–H and O–H groups in total. The van der Waals surface area contributed by atoms with Crippen LogP contribution in [0.5, 0.6) is 0 Å². The summed E-state index contributed by atoms with van der Waals surface area (Å²) in [6.07, 6.45) is 2.52. The molecule has 2 aromatic heterocycles. The maximum Gasteiger partial charge on any atom is 0.181 e. The molecule has 0 bridgehead atoms. The summed E-state index contributed by atoms with van der Waals surface area (Å²) in [5, 5.41) is 1.14. The highest BCUT2D eigenvalue weighted by molar-refractivity contribution is 7.18. The van der Waals surface area contributed by atoms with Crippen LogP contribution in [-0.2, 0) is 6.42 Å². The molecule has 4 heteroatoms. The lowest BCUT2D eigenvalue weighted by atomic mass is 10.1. The fraction of sp³-hybridized carbons (Fsp3) is 0.300. The number of hydrogen-bond acceptors (Lipinski definition) is 4. The zero-order chi connectivity index (χ0) is 17.5. The van der Waals surface area contributed by atoms with E-state index in [1.165, 1.54) is 22.2 Å². The fourth-order valence-corrected chi connectivity index (χ4v) is 3.08. The van der Waals surface area contributed by atoms with Crippen LogP contribution in [0, 0.1) is 13.8 Å². The zero-order valence-corrected chi connectivity index (χ0v) is 15.8. The molecular weight excluding hydrogens is 316 g/mol. The van der Waals surface area contributed by atoms with Crippen molar-refractivity contribution in [3.8, 4) is 0 Å². The average molecular weight is 340 g/mol. The van der Waals surface area contributed by atoms with E-state index < -0.39 is 0 Å². The van der Waals surface area contributed by atoms with Gasteiger partial charge in [0.15, 0.2) is 12.0 Å². The lowest BCUT2D eigenvalue weighted by molar-refractivity contribution is 0.602. The van der Waals surface area contributed by atoms with Crippen LogP contribution < -0.4 is 0 Å². The van der Waals surface area contributed by atoms with Gasteiger partial charge in [-0.3, -0.25) is 0 Å². The van der Waals surface area contributed by atoms with Gasteiger partial charge in [0.25, 0.3) is 0 Å². The number of rotatable bonds is 1. The summed E-state index contributed by atoms with van der Waals surface area (Å²) in [5.74, 6) is 0. The quantitative estimate of drug-likeness (QED) is 0.406. The van der Waals surface area contributed by atoms with Crippen LogP contribution in [0.15, 0.2) is 47.2 Å². The van der Waals surface area contributed by atoms with E-state index in [0.717, 1.165) is 28.0 Å². The van der Waals surface area contributed by atoms with Crippen molar-refractivity contribution in [2.75, 3.05) is 0 Å². The van der Waals surface area contributed by atoms with Gasteiger partial charge in [-0.1, -0.05) is 32.9 Å². The Bertz CT molecular complexity index is 908. The number of aryl methyl sites for hydroxylation is 3. The summed E-state index contributed by atoms with van der Waals surface area (Å²) < 4.78 is 6.39. The van der Waals surface area contributed by atoms with Crippen molar-refractivity contribution in [1.29, 1.82) is 0 Å². The number of hydrogen-bond donors (Lipinski definition) is 0. The van der Waals surface area contributed by atoms with Crippen LogP contribution in [0.4, 0.5) is 0 Å². The van der Waals surface area contributed by atoms with Gasteiger partial charge < -0.3 is 4.42 Å². The van der Waals surface area contributed by atoms with Crippen LogP contribution in [0.3, 0.4) is 0 Å². The molecule has 4 aromatic rings. The first-order valence-electron chi connectivity index (χ1n) is 8.31. The largest absolute Gasteiger partial charge is 0.443 e. The van der Waals surface area contributed by atoms with E-state index in [1.54, 1.807) is 11.3 Å². The number of thiazole rings is 1. The summed E-state index contributed by atoms with van der Waals surface area (Å²) >= 11 is 1.75. The summed E-state index contributed by atoms with van der Waals surface area (Å²) in [5.41, 5.74) is 5.52. The predicted molar refractivity (Wildman–Crippen MR) is 104 cm³/mol. The van der Waals surface area contributed by atoms with E-state index in [2.05, 4.69) is 54.1 Å². The lowest BCUT2D eigenvalue weighted by Gasteiger charge is -1.92. The van der Waals surface area contributed by atoms with Crippen LogP contribution in [0.2, 0.25) is 0 Å². The van der Waals surface area contributed by atoms with Crippen LogP contribution >= 0.6 is 11.3 Å². The van der Waals surface area contributed by atoms with Gasteiger partial charge in [0.05, 0.1) is 15.2 Å². The van der Waals surface area contributed by atoms with Crippen molar-refractivity contribution >= 4 is 32.7 Å². The third-order valence-corrected chi connectivity index (χ3v) is 4.40. The molecule has 2 aromatic carbocycles. The second-order valence-electron chi connectivity index (χ2n) is 5.21. The Morgan fingerprint density at radius 2 is 1.79 bits per heavy atom. The Kier molecular flexibility index (Phi) is 6.50. The molecule has 2 heterocycles. The van der Waals surface area contributed by atoms with Gasteiger partial charge in [0.2, 0.25) is 0 Å². The minimum absolute atomic E-state index is 0.863. The highest BCUT2D eigenvalue weighted by atomic mass is 32.1. The first-order valence-corrected chi connectivity index (χ1v) is 9.13. The van der Waals surface area contributed by atoms with Gasteiger partial charge in [0.1, 0.15) is 5.52 Å². The second kappa shape index (κ2) is 8.60. The molecule has 0 aliphatic carbocycles. The Balaban J connectivity index is 0.000000158. The summed E-state index contributed by atoms with van der Waals surface area (Å²) in [6.45, 7) is 10.3. The minimum atomic E-state index is 0.863. The van der Waals surface area contributed by atoms with E-state index >= 15 is 0 Å². The predicted octanol–water partition coefficient (Wildman–Crippen LogP) is 6.33. The molecule has 3 nitrogen and oxygen atoms in total. The van der Waals surface area contributed by atoms with Crippen molar-refractivity contribution < 1.29 is 4.42 Å². The Labute approximate surface area is 147 Å². The van der Waals surface area contributed by atoms with Crippen LogP contribution in [-0.4, -0.2) is 9.97 Å². The Hall–Kier alpha value is -2.20. The molecule has 0 amide bonds. The van der Waals surface area contributed by atoms with E-state index in [1.807, 2.05) is 26.8 Å². The number of fused-ring (bicyclic) bond motifs is 2. The molecule has 0 saturated carbocycles. The van der Waals surface area contributed by atoms with Crippen molar-refractivity contribution in [2.45, 2.75) is 41.0 Å². The molecule has 4 rings (SSSR count). The maximum atomic E-state index is 5.11. The van der Waals surface area contributed by atoms with Gasteiger partial charge >= 0.3 is 0 Å². The topological polar surface area (TPSA) is 38.9 Å². The summed E-state index contributed by atoms with van der Waals surface area (Å²) in [4.78, 5) is 8.45. The van der Waals surface area contributed by atoms with Crippen molar-refractivity contribution in [1.82, 2.24) is 9.97 Å². The Morgan fingerprint density at radius 3 is 2.54 bits per heavy atom. The van der Waals surface area contributed by atoms with Gasteiger partial charge in [0, 0.05) is 0 Å². The van der Waals surface area contributed by atoms with Crippen LogP contribution in [0.25, 0.3) is 21.3 Å². The standard InChI is InChI=1S/C9H9NO.C9H9NS.C2H6/c1-2-7-3-4-9-8(5-7)10-6-11-9;1-6-3-4-9-8(5-6)10-7(2)11-9;1-2/h3-6H,2H2,1H3;3-5H,1-2H3;1-2H3. The number of nitrogens with zero attached hydrogens (tertiary/aromatic N) is 2. The molecule has 126 valence electrons. The first-order chi connectivity index (χ1) is 11.7. The first kappa shape index (κ1) is 18.1. The number of oxazole rings is 1. The summed E-state index contributed by atoms with van der Waals surface area (Å²) in [6, 6.07) is 12.5. The molecule has 0 saturated heterocycles. The van der Waals surface area contributed by atoms with E-state index in [-0.39, 0.29) is 0 Å². The normalized spacial score (nSPS) is 10.0. The molecular formula is C20H24N2OS. The molecule has 0 unspecified atom stereocenters. The van der Waals surface area contributed by atoms with Crippen molar-refractivity contribution in [3.05, 3.63) is 58.9 Å². The molecule has 0 radical (unpaired) electrons. The van der Waals surface area contributed by atoms with E-state index in [0.29, 0.717) is 0 Å². The smallest absolute Gasteiger partial charge is 0.181 e.